The Balaban J connectivity index is 1.73. The number of piperidine rings is 1. The fourth-order valence-corrected chi connectivity index (χ4v) is 2.65. The third-order valence-corrected chi connectivity index (χ3v) is 4.21. The molecule has 24 heavy (non-hydrogen) atoms. The molecule has 1 saturated heterocycles. The molecule has 1 fully saturated rings. The molecule has 1 aliphatic rings. The van der Waals surface area contributed by atoms with Gasteiger partial charge in [-0.15, -0.1) is 0 Å². The van der Waals surface area contributed by atoms with Gasteiger partial charge in [-0.1, -0.05) is 29.8 Å². The Hall–Kier alpha value is -2.37. The standard InChI is InChI=1S/C18H25N3O3/c1-13-6-8-21(9-7-13)18(23)12-24-19-11-17(22)20-16-5-4-14(2)10-15(16)3/h4-5,10-11,13H,6-9,12H2,1-3H3,(H,20,22)/b19-11-. The SMILES string of the molecule is Cc1ccc(NC(=O)/C=N\OCC(=O)N2CCC(C)CC2)c(C)c1. The van der Waals surface area contributed by atoms with Gasteiger partial charge in [0, 0.05) is 18.8 Å². The first-order valence-corrected chi connectivity index (χ1v) is 8.27. The third-order valence-electron chi connectivity index (χ3n) is 4.21. The van der Waals surface area contributed by atoms with Gasteiger partial charge in [-0.2, -0.15) is 0 Å². The number of nitrogens with one attached hydrogen (secondary N) is 1. The molecule has 1 aromatic carbocycles. The van der Waals surface area contributed by atoms with E-state index in [-0.39, 0.29) is 18.4 Å². The highest BCUT2D eigenvalue weighted by atomic mass is 16.6. The van der Waals surface area contributed by atoms with Gasteiger partial charge in [-0.25, -0.2) is 0 Å². The molecule has 0 aromatic heterocycles. The van der Waals surface area contributed by atoms with Crippen LogP contribution in [0.3, 0.4) is 0 Å². The number of nitrogens with zero attached hydrogens (tertiary/aromatic N) is 2. The highest BCUT2D eigenvalue weighted by Crippen LogP contribution is 2.16. The summed E-state index contributed by atoms with van der Waals surface area (Å²) >= 11 is 0. The van der Waals surface area contributed by atoms with Crippen LogP contribution in [-0.2, 0) is 14.4 Å². The molecule has 0 aliphatic carbocycles. The van der Waals surface area contributed by atoms with Gasteiger partial charge in [0.25, 0.3) is 11.8 Å². The average molecular weight is 331 g/mol. The van der Waals surface area contributed by atoms with Crippen molar-refractivity contribution >= 4 is 23.7 Å². The fourth-order valence-electron chi connectivity index (χ4n) is 2.65. The van der Waals surface area contributed by atoms with E-state index in [2.05, 4.69) is 17.4 Å². The lowest BCUT2D eigenvalue weighted by atomic mass is 9.99. The van der Waals surface area contributed by atoms with Crippen molar-refractivity contribution in [2.75, 3.05) is 25.0 Å². The number of benzene rings is 1. The topological polar surface area (TPSA) is 71.0 Å². The van der Waals surface area contributed by atoms with Crippen LogP contribution < -0.4 is 5.32 Å². The molecule has 0 saturated carbocycles. The Morgan fingerprint density at radius 1 is 1.33 bits per heavy atom. The summed E-state index contributed by atoms with van der Waals surface area (Å²) in [6.45, 7) is 7.50. The summed E-state index contributed by atoms with van der Waals surface area (Å²) in [7, 11) is 0. The monoisotopic (exact) mass is 331 g/mol. The number of hydrogen-bond acceptors (Lipinski definition) is 4. The van der Waals surface area contributed by atoms with E-state index >= 15 is 0 Å². The van der Waals surface area contributed by atoms with E-state index in [4.69, 9.17) is 4.84 Å². The second kappa shape index (κ2) is 8.47. The number of aryl methyl sites for hydroxylation is 2. The summed E-state index contributed by atoms with van der Waals surface area (Å²) in [5.74, 6) is 0.192. The number of carbonyl (C=O) groups excluding carboxylic acids is 2. The van der Waals surface area contributed by atoms with E-state index in [1.54, 1.807) is 4.90 Å². The zero-order chi connectivity index (χ0) is 17.5. The van der Waals surface area contributed by atoms with Gasteiger partial charge in [0.1, 0.15) is 6.21 Å². The first-order valence-electron chi connectivity index (χ1n) is 8.27. The van der Waals surface area contributed by atoms with Crippen molar-refractivity contribution in [1.82, 2.24) is 4.90 Å². The van der Waals surface area contributed by atoms with E-state index in [9.17, 15) is 9.59 Å². The Kier molecular flexibility index (Phi) is 6.35. The minimum atomic E-state index is -0.388. The predicted molar refractivity (Wildman–Crippen MR) is 94.0 cm³/mol. The molecule has 2 rings (SSSR count). The second-order valence-electron chi connectivity index (χ2n) is 6.38. The van der Waals surface area contributed by atoms with Crippen molar-refractivity contribution in [1.29, 1.82) is 0 Å². The van der Waals surface area contributed by atoms with Crippen LogP contribution in [0.15, 0.2) is 23.4 Å². The number of likely N-dealkylation sites (tertiary alicyclic amines) is 1. The van der Waals surface area contributed by atoms with E-state index in [1.807, 2.05) is 32.0 Å². The zero-order valence-electron chi connectivity index (χ0n) is 14.5. The van der Waals surface area contributed by atoms with Gasteiger partial charge < -0.3 is 15.1 Å². The number of rotatable bonds is 5. The summed E-state index contributed by atoms with van der Waals surface area (Å²) in [5.41, 5.74) is 2.84. The van der Waals surface area contributed by atoms with Crippen LogP contribution in [0.4, 0.5) is 5.69 Å². The molecule has 6 nitrogen and oxygen atoms in total. The Morgan fingerprint density at radius 3 is 2.71 bits per heavy atom. The van der Waals surface area contributed by atoms with Crippen molar-refractivity contribution in [2.24, 2.45) is 11.1 Å². The minimum Gasteiger partial charge on any atom is -0.386 e. The molecule has 130 valence electrons. The number of oxime groups is 1. The molecule has 6 heteroatoms. The molecule has 0 bridgehead atoms. The van der Waals surface area contributed by atoms with Crippen LogP contribution >= 0.6 is 0 Å². The third kappa shape index (κ3) is 5.37. The van der Waals surface area contributed by atoms with Gasteiger partial charge in [-0.3, -0.25) is 9.59 Å². The van der Waals surface area contributed by atoms with E-state index in [1.165, 1.54) is 0 Å². The fraction of sp³-hybridized carbons (Fsp3) is 0.500. The van der Waals surface area contributed by atoms with Crippen LogP contribution in [0.5, 0.6) is 0 Å². The maximum absolute atomic E-state index is 11.9. The molecule has 0 atom stereocenters. The van der Waals surface area contributed by atoms with Gasteiger partial charge in [0.15, 0.2) is 6.61 Å². The molecule has 0 radical (unpaired) electrons. The van der Waals surface area contributed by atoms with Crippen molar-refractivity contribution < 1.29 is 14.4 Å². The Morgan fingerprint density at radius 2 is 2.04 bits per heavy atom. The van der Waals surface area contributed by atoms with E-state index < -0.39 is 0 Å². The normalized spacial score (nSPS) is 15.5. The van der Waals surface area contributed by atoms with Gasteiger partial charge in [-0.05, 0) is 44.2 Å². The summed E-state index contributed by atoms with van der Waals surface area (Å²) in [6, 6.07) is 5.76. The Bertz CT molecular complexity index is 620. The lowest BCUT2D eigenvalue weighted by Gasteiger charge is -2.29. The Labute approximate surface area is 142 Å². The smallest absolute Gasteiger partial charge is 0.270 e. The van der Waals surface area contributed by atoms with E-state index in [0.29, 0.717) is 5.92 Å². The molecule has 0 spiro atoms. The molecule has 0 unspecified atom stereocenters. The first kappa shape index (κ1) is 18.0. The van der Waals surface area contributed by atoms with Crippen molar-refractivity contribution in [2.45, 2.75) is 33.6 Å². The summed E-state index contributed by atoms with van der Waals surface area (Å²) < 4.78 is 0. The molecule has 1 aromatic rings. The highest BCUT2D eigenvalue weighted by molar-refractivity contribution is 6.31. The molecule has 1 aliphatic heterocycles. The van der Waals surface area contributed by atoms with Crippen molar-refractivity contribution in [3.63, 3.8) is 0 Å². The molecule has 2 amide bonds. The number of anilines is 1. The maximum atomic E-state index is 11.9. The van der Waals surface area contributed by atoms with Gasteiger partial charge >= 0.3 is 0 Å². The van der Waals surface area contributed by atoms with Crippen molar-refractivity contribution in [3.05, 3.63) is 29.3 Å². The number of carbonyl (C=O) groups is 2. The van der Waals surface area contributed by atoms with Gasteiger partial charge in [0.05, 0.1) is 0 Å². The molecule has 1 heterocycles. The zero-order valence-corrected chi connectivity index (χ0v) is 14.5. The van der Waals surface area contributed by atoms with Gasteiger partial charge in [0.2, 0.25) is 0 Å². The van der Waals surface area contributed by atoms with Crippen LogP contribution in [0.2, 0.25) is 0 Å². The van der Waals surface area contributed by atoms with E-state index in [0.717, 1.165) is 49.0 Å². The summed E-state index contributed by atoms with van der Waals surface area (Å²) in [6.07, 6.45) is 3.09. The first-order chi connectivity index (χ1) is 11.5. The van der Waals surface area contributed by atoms with Crippen LogP contribution in [0, 0.1) is 19.8 Å². The lowest BCUT2D eigenvalue weighted by molar-refractivity contribution is -0.137. The molecule has 1 N–H and O–H groups in total. The minimum absolute atomic E-state index is 0.0890. The van der Waals surface area contributed by atoms with Crippen LogP contribution in [-0.4, -0.2) is 42.6 Å². The number of hydrogen-bond donors (Lipinski definition) is 1. The molecular formula is C18H25N3O3. The van der Waals surface area contributed by atoms with Crippen molar-refractivity contribution in [3.8, 4) is 0 Å². The highest BCUT2D eigenvalue weighted by Gasteiger charge is 2.20. The largest absolute Gasteiger partial charge is 0.386 e. The van der Waals surface area contributed by atoms with Crippen LogP contribution in [0.25, 0.3) is 0 Å². The quantitative estimate of drug-likeness (QED) is 0.666. The van der Waals surface area contributed by atoms with Crippen LogP contribution in [0.1, 0.15) is 30.9 Å². The lowest BCUT2D eigenvalue weighted by Crippen LogP contribution is -2.39. The summed E-state index contributed by atoms with van der Waals surface area (Å²) in [4.78, 5) is 30.5. The summed E-state index contributed by atoms with van der Waals surface area (Å²) in [5, 5.41) is 6.31. The predicted octanol–water partition coefficient (Wildman–Crippen LogP) is 2.50. The maximum Gasteiger partial charge on any atom is 0.270 e. The number of amides is 2. The average Bonchev–Trinajstić information content (AvgIpc) is 2.55. The molecular weight excluding hydrogens is 306 g/mol. The second-order valence-corrected chi connectivity index (χ2v) is 6.38.